The third kappa shape index (κ3) is 2.63. The quantitative estimate of drug-likeness (QED) is 0.801. The standard InChI is InChI=1S/C18H19N3O3/c22-16-6-5-15(17(23)20-16)21-10-13-7-11(1-2-12-8-19-9-12)3-4-14(13)18(21)24/h1-4,7,12,15,19H,5-6,8-10H2,(H,20,22,23)/b2-1+. The number of hydrogen-bond acceptors (Lipinski definition) is 4. The topological polar surface area (TPSA) is 78.5 Å². The number of imide groups is 1. The van der Waals surface area contributed by atoms with Crippen LogP contribution in [0.15, 0.2) is 24.3 Å². The molecule has 6 nitrogen and oxygen atoms in total. The van der Waals surface area contributed by atoms with E-state index in [4.69, 9.17) is 0 Å². The van der Waals surface area contributed by atoms with Crippen LogP contribution < -0.4 is 10.6 Å². The van der Waals surface area contributed by atoms with Crippen LogP contribution in [0.25, 0.3) is 6.08 Å². The number of rotatable bonds is 3. The van der Waals surface area contributed by atoms with Gasteiger partial charge in [-0.3, -0.25) is 19.7 Å². The first-order valence-corrected chi connectivity index (χ1v) is 8.28. The van der Waals surface area contributed by atoms with Crippen LogP contribution >= 0.6 is 0 Å². The fraction of sp³-hybridized carbons (Fsp3) is 0.389. The second-order valence-electron chi connectivity index (χ2n) is 6.59. The van der Waals surface area contributed by atoms with Gasteiger partial charge in [0.25, 0.3) is 5.91 Å². The van der Waals surface area contributed by atoms with Gasteiger partial charge in [-0.15, -0.1) is 0 Å². The van der Waals surface area contributed by atoms with Crippen LogP contribution in [0.1, 0.15) is 34.3 Å². The minimum Gasteiger partial charge on any atom is -0.322 e. The molecular weight excluding hydrogens is 306 g/mol. The van der Waals surface area contributed by atoms with Gasteiger partial charge in [0, 0.05) is 37.5 Å². The normalized spacial score (nSPS) is 24.2. The smallest absolute Gasteiger partial charge is 0.255 e. The zero-order chi connectivity index (χ0) is 16.7. The molecule has 24 heavy (non-hydrogen) atoms. The summed E-state index contributed by atoms with van der Waals surface area (Å²) in [5.74, 6) is -0.179. The Kier molecular flexibility index (Phi) is 3.69. The van der Waals surface area contributed by atoms with E-state index in [1.807, 2.05) is 18.2 Å². The van der Waals surface area contributed by atoms with Crippen LogP contribution in [0.2, 0.25) is 0 Å². The monoisotopic (exact) mass is 325 g/mol. The van der Waals surface area contributed by atoms with E-state index in [1.54, 1.807) is 4.90 Å². The Morgan fingerprint density at radius 2 is 2.00 bits per heavy atom. The Balaban J connectivity index is 1.52. The van der Waals surface area contributed by atoms with Gasteiger partial charge < -0.3 is 10.2 Å². The van der Waals surface area contributed by atoms with Crippen molar-refractivity contribution in [3.8, 4) is 0 Å². The number of fused-ring (bicyclic) bond motifs is 1. The first-order valence-electron chi connectivity index (χ1n) is 8.28. The zero-order valence-electron chi connectivity index (χ0n) is 13.2. The minimum atomic E-state index is -0.553. The molecule has 0 aliphatic carbocycles. The Morgan fingerprint density at radius 1 is 1.17 bits per heavy atom. The largest absolute Gasteiger partial charge is 0.322 e. The molecule has 2 N–H and O–H groups in total. The number of nitrogens with one attached hydrogen (secondary N) is 2. The summed E-state index contributed by atoms with van der Waals surface area (Å²) in [6.45, 7) is 2.46. The molecule has 2 saturated heterocycles. The first-order chi connectivity index (χ1) is 11.6. The lowest BCUT2D eigenvalue weighted by Crippen LogP contribution is -2.52. The highest BCUT2D eigenvalue weighted by atomic mass is 16.2. The van der Waals surface area contributed by atoms with Gasteiger partial charge in [-0.2, -0.15) is 0 Å². The van der Waals surface area contributed by atoms with Crippen LogP contribution in [-0.4, -0.2) is 41.8 Å². The summed E-state index contributed by atoms with van der Waals surface area (Å²) in [6.07, 6.45) is 4.95. The molecule has 124 valence electrons. The van der Waals surface area contributed by atoms with Gasteiger partial charge >= 0.3 is 0 Å². The van der Waals surface area contributed by atoms with Gasteiger partial charge in [0.05, 0.1) is 0 Å². The van der Waals surface area contributed by atoms with Crippen LogP contribution in [0.5, 0.6) is 0 Å². The number of nitrogens with zero attached hydrogens (tertiary/aromatic N) is 1. The van der Waals surface area contributed by atoms with Gasteiger partial charge in [0.15, 0.2) is 0 Å². The number of piperidine rings is 1. The SMILES string of the molecule is O=C1CCC(N2Cc3cc(/C=C/C4CNC4)ccc3C2=O)C(=O)N1. The van der Waals surface area contributed by atoms with E-state index in [1.165, 1.54) is 0 Å². The van der Waals surface area contributed by atoms with Crippen molar-refractivity contribution < 1.29 is 14.4 Å². The first kappa shape index (κ1) is 15.1. The summed E-state index contributed by atoms with van der Waals surface area (Å²) < 4.78 is 0. The minimum absolute atomic E-state index is 0.127. The molecule has 4 rings (SSSR count). The summed E-state index contributed by atoms with van der Waals surface area (Å²) in [5.41, 5.74) is 2.67. The second-order valence-corrected chi connectivity index (χ2v) is 6.59. The number of hydrogen-bond donors (Lipinski definition) is 2. The number of benzene rings is 1. The fourth-order valence-electron chi connectivity index (χ4n) is 3.39. The van der Waals surface area contributed by atoms with E-state index >= 15 is 0 Å². The zero-order valence-corrected chi connectivity index (χ0v) is 13.2. The van der Waals surface area contributed by atoms with Crippen molar-refractivity contribution in [2.45, 2.75) is 25.4 Å². The number of carbonyl (C=O) groups excluding carboxylic acids is 3. The molecule has 2 fully saturated rings. The van der Waals surface area contributed by atoms with E-state index in [0.717, 1.165) is 24.2 Å². The van der Waals surface area contributed by atoms with E-state index in [9.17, 15) is 14.4 Å². The van der Waals surface area contributed by atoms with Crippen molar-refractivity contribution in [1.82, 2.24) is 15.5 Å². The maximum Gasteiger partial charge on any atom is 0.255 e. The van der Waals surface area contributed by atoms with E-state index in [-0.39, 0.29) is 24.1 Å². The van der Waals surface area contributed by atoms with Crippen molar-refractivity contribution in [2.24, 2.45) is 5.92 Å². The Bertz CT molecular complexity index is 752. The average Bonchev–Trinajstić information content (AvgIpc) is 2.82. The molecule has 0 bridgehead atoms. The van der Waals surface area contributed by atoms with Crippen molar-refractivity contribution in [3.63, 3.8) is 0 Å². The Morgan fingerprint density at radius 3 is 2.71 bits per heavy atom. The van der Waals surface area contributed by atoms with E-state index in [2.05, 4.69) is 22.8 Å². The van der Waals surface area contributed by atoms with Crippen molar-refractivity contribution in [1.29, 1.82) is 0 Å². The fourth-order valence-corrected chi connectivity index (χ4v) is 3.39. The maximum absolute atomic E-state index is 12.6. The molecule has 3 amide bonds. The molecule has 1 unspecified atom stereocenters. The predicted octanol–water partition coefficient (Wildman–Crippen LogP) is 0.680. The van der Waals surface area contributed by atoms with E-state index < -0.39 is 6.04 Å². The predicted molar refractivity (Wildman–Crippen MR) is 87.9 cm³/mol. The highest BCUT2D eigenvalue weighted by Crippen LogP contribution is 2.28. The molecule has 6 heteroatoms. The van der Waals surface area contributed by atoms with Crippen LogP contribution in [0.4, 0.5) is 0 Å². The lowest BCUT2D eigenvalue weighted by atomic mass is 10.0. The molecule has 1 aromatic carbocycles. The van der Waals surface area contributed by atoms with Gasteiger partial charge in [-0.25, -0.2) is 0 Å². The lowest BCUT2D eigenvalue weighted by molar-refractivity contribution is -0.136. The summed E-state index contributed by atoms with van der Waals surface area (Å²) >= 11 is 0. The third-order valence-electron chi connectivity index (χ3n) is 4.92. The highest BCUT2D eigenvalue weighted by molar-refractivity contribution is 6.05. The summed E-state index contributed by atoms with van der Waals surface area (Å²) in [5, 5.41) is 5.55. The highest BCUT2D eigenvalue weighted by Gasteiger charge is 2.38. The molecule has 1 atom stereocenters. The Labute approximate surface area is 139 Å². The van der Waals surface area contributed by atoms with Gasteiger partial charge in [0.2, 0.25) is 11.8 Å². The summed E-state index contributed by atoms with van der Waals surface area (Å²) in [7, 11) is 0. The molecule has 0 spiro atoms. The number of amides is 3. The molecule has 0 radical (unpaired) electrons. The summed E-state index contributed by atoms with van der Waals surface area (Å²) in [4.78, 5) is 37.5. The third-order valence-corrected chi connectivity index (χ3v) is 4.92. The molecule has 3 aliphatic heterocycles. The average molecular weight is 325 g/mol. The molecule has 3 heterocycles. The van der Waals surface area contributed by atoms with E-state index in [0.29, 0.717) is 24.4 Å². The van der Waals surface area contributed by atoms with Gasteiger partial charge in [-0.1, -0.05) is 18.2 Å². The van der Waals surface area contributed by atoms with Crippen molar-refractivity contribution in [3.05, 3.63) is 41.0 Å². The molecular formula is C18H19N3O3. The summed E-state index contributed by atoms with van der Waals surface area (Å²) in [6, 6.07) is 5.24. The van der Waals surface area contributed by atoms with Gasteiger partial charge in [0.1, 0.15) is 6.04 Å². The molecule has 0 saturated carbocycles. The number of carbonyl (C=O) groups is 3. The molecule has 1 aromatic rings. The second kappa shape index (κ2) is 5.87. The van der Waals surface area contributed by atoms with Crippen molar-refractivity contribution >= 4 is 23.8 Å². The Hall–Kier alpha value is -2.47. The van der Waals surface area contributed by atoms with Crippen molar-refractivity contribution in [2.75, 3.05) is 13.1 Å². The van der Waals surface area contributed by atoms with Crippen LogP contribution in [0.3, 0.4) is 0 Å². The molecule has 0 aromatic heterocycles. The van der Waals surface area contributed by atoms with Crippen LogP contribution in [-0.2, 0) is 16.1 Å². The molecule has 3 aliphatic rings. The lowest BCUT2D eigenvalue weighted by Gasteiger charge is -2.29. The van der Waals surface area contributed by atoms with Crippen LogP contribution in [0, 0.1) is 5.92 Å². The maximum atomic E-state index is 12.6. The van der Waals surface area contributed by atoms with Gasteiger partial charge in [-0.05, 0) is 29.7 Å².